The molecule has 0 saturated heterocycles. The predicted octanol–water partition coefficient (Wildman–Crippen LogP) is 3.32. The van der Waals surface area contributed by atoms with Gasteiger partial charge in [0.1, 0.15) is 0 Å². The number of sulfonamides is 1. The van der Waals surface area contributed by atoms with Crippen molar-refractivity contribution in [2.75, 3.05) is 6.54 Å². The predicted molar refractivity (Wildman–Crippen MR) is 89.4 cm³/mol. The van der Waals surface area contributed by atoms with Crippen LogP contribution >= 0.6 is 0 Å². The number of amides is 1. The lowest BCUT2D eigenvalue weighted by Gasteiger charge is -2.30. The molecule has 0 radical (unpaired) electrons. The molecule has 5 heteroatoms. The molecule has 0 spiro atoms. The van der Waals surface area contributed by atoms with Gasteiger partial charge in [0.2, 0.25) is 0 Å². The van der Waals surface area contributed by atoms with E-state index in [1.54, 1.807) is 30.3 Å². The summed E-state index contributed by atoms with van der Waals surface area (Å²) in [6, 6.07) is 15.2. The lowest BCUT2D eigenvalue weighted by atomic mass is 9.93. The lowest BCUT2D eigenvalue weighted by Crippen LogP contribution is -2.41. The number of carbonyl (C=O) groups excluding carboxylic acids is 1. The van der Waals surface area contributed by atoms with Crippen molar-refractivity contribution in [3.63, 3.8) is 0 Å². The first kappa shape index (κ1) is 15.5. The monoisotopic (exact) mass is 327 g/mol. The molecule has 118 valence electrons. The Morgan fingerprint density at radius 3 is 2.09 bits per heavy atom. The van der Waals surface area contributed by atoms with Gasteiger partial charge in [-0.05, 0) is 43.2 Å². The van der Waals surface area contributed by atoms with Crippen molar-refractivity contribution >= 4 is 21.5 Å². The zero-order valence-corrected chi connectivity index (χ0v) is 13.8. The van der Waals surface area contributed by atoms with E-state index in [0.29, 0.717) is 5.56 Å². The van der Waals surface area contributed by atoms with E-state index in [2.05, 4.69) is 0 Å². The van der Waals surface area contributed by atoms with Gasteiger partial charge in [-0.25, -0.2) is 12.7 Å². The number of carbonyl (C=O) groups is 1. The highest BCUT2D eigenvalue weighted by molar-refractivity contribution is 7.89. The summed E-state index contributed by atoms with van der Waals surface area (Å²) in [6.45, 7) is 3.92. The average Bonchev–Trinajstić information content (AvgIpc) is 2.55. The van der Waals surface area contributed by atoms with Crippen LogP contribution in [-0.4, -0.2) is 25.2 Å². The van der Waals surface area contributed by atoms with Crippen molar-refractivity contribution in [1.82, 2.24) is 4.31 Å². The maximum atomic E-state index is 12.9. The first-order chi connectivity index (χ1) is 10.9. The molecule has 0 bridgehead atoms. The summed E-state index contributed by atoms with van der Waals surface area (Å²) in [5.74, 6) is -0.477. The van der Waals surface area contributed by atoms with Gasteiger partial charge >= 0.3 is 0 Å². The van der Waals surface area contributed by atoms with Crippen molar-refractivity contribution in [2.24, 2.45) is 0 Å². The smallest absolute Gasteiger partial charge is 0.268 e. The standard InChI is InChI=1S/C18H17NO3S/c1-13(2)17-12-19(18(20)16-11-7-6-10-15(16)17)23(21,22)14-8-4-3-5-9-14/h3-11H,12H2,1-2H3. The van der Waals surface area contributed by atoms with Crippen molar-refractivity contribution in [3.8, 4) is 0 Å². The second-order valence-electron chi connectivity index (χ2n) is 5.65. The lowest BCUT2D eigenvalue weighted by molar-refractivity contribution is 0.0867. The van der Waals surface area contributed by atoms with Crippen LogP contribution in [0.2, 0.25) is 0 Å². The Balaban J connectivity index is 2.17. The molecule has 2 aromatic rings. The van der Waals surface area contributed by atoms with Crippen LogP contribution in [-0.2, 0) is 10.0 Å². The normalized spacial score (nSPS) is 14.6. The maximum Gasteiger partial charge on any atom is 0.268 e. The van der Waals surface area contributed by atoms with Gasteiger partial charge in [0.25, 0.3) is 15.9 Å². The Bertz CT molecular complexity index is 895. The van der Waals surface area contributed by atoms with Crippen LogP contribution in [0, 0.1) is 0 Å². The molecule has 0 unspecified atom stereocenters. The fourth-order valence-corrected chi connectivity index (χ4v) is 4.08. The summed E-state index contributed by atoms with van der Waals surface area (Å²) in [5.41, 5.74) is 3.12. The van der Waals surface area contributed by atoms with Crippen molar-refractivity contribution in [1.29, 1.82) is 0 Å². The van der Waals surface area contributed by atoms with Gasteiger partial charge in [0.05, 0.1) is 11.4 Å². The molecular weight excluding hydrogens is 310 g/mol. The van der Waals surface area contributed by atoms with E-state index in [1.807, 2.05) is 26.0 Å². The number of hydrogen-bond acceptors (Lipinski definition) is 3. The zero-order chi connectivity index (χ0) is 16.6. The molecule has 23 heavy (non-hydrogen) atoms. The summed E-state index contributed by atoms with van der Waals surface area (Å²) in [7, 11) is -3.87. The quantitative estimate of drug-likeness (QED) is 0.850. The van der Waals surface area contributed by atoms with Crippen LogP contribution in [0.5, 0.6) is 0 Å². The zero-order valence-electron chi connectivity index (χ0n) is 13.0. The third-order valence-corrected chi connectivity index (χ3v) is 5.69. The van der Waals surface area contributed by atoms with E-state index in [-0.39, 0.29) is 11.4 Å². The van der Waals surface area contributed by atoms with Crippen LogP contribution in [0.25, 0.3) is 5.57 Å². The van der Waals surface area contributed by atoms with Crippen molar-refractivity contribution in [2.45, 2.75) is 18.7 Å². The van der Waals surface area contributed by atoms with Gasteiger partial charge in [-0.1, -0.05) is 42.0 Å². The highest BCUT2D eigenvalue weighted by Gasteiger charge is 2.36. The van der Waals surface area contributed by atoms with Crippen LogP contribution in [0.15, 0.2) is 65.1 Å². The van der Waals surface area contributed by atoms with Gasteiger partial charge < -0.3 is 0 Å². The summed E-state index contributed by atoms with van der Waals surface area (Å²) in [4.78, 5) is 12.9. The molecule has 1 aliphatic rings. The number of rotatable bonds is 2. The Morgan fingerprint density at radius 2 is 1.48 bits per heavy atom. The number of benzene rings is 2. The maximum absolute atomic E-state index is 12.9. The Labute approximate surface area is 136 Å². The highest BCUT2D eigenvalue weighted by atomic mass is 32.2. The van der Waals surface area contributed by atoms with E-state index in [0.717, 1.165) is 21.0 Å². The minimum absolute atomic E-state index is 0.0649. The summed E-state index contributed by atoms with van der Waals surface area (Å²) < 4.78 is 26.7. The van der Waals surface area contributed by atoms with Gasteiger partial charge in [-0.3, -0.25) is 4.79 Å². The molecule has 0 aromatic heterocycles. The molecule has 1 heterocycles. The Kier molecular flexibility index (Phi) is 3.82. The summed E-state index contributed by atoms with van der Waals surface area (Å²) in [6.07, 6.45) is 0. The fourth-order valence-electron chi connectivity index (χ4n) is 2.71. The third kappa shape index (κ3) is 2.57. The van der Waals surface area contributed by atoms with E-state index in [9.17, 15) is 13.2 Å². The Hall–Kier alpha value is -2.40. The molecular formula is C18H17NO3S. The molecule has 1 amide bonds. The highest BCUT2D eigenvalue weighted by Crippen LogP contribution is 2.32. The van der Waals surface area contributed by atoms with E-state index < -0.39 is 15.9 Å². The van der Waals surface area contributed by atoms with E-state index in [4.69, 9.17) is 0 Å². The van der Waals surface area contributed by atoms with E-state index in [1.165, 1.54) is 12.1 Å². The largest absolute Gasteiger partial charge is 0.268 e. The first-order valence-corrected chi connectivity index (χ1v) is 8.75. The fraction of sp³-hybridized carbons (Fsp3) is 0.167. The Morgan fingerprint density at radius 1 is 0.913 bits per heavy atom. The van der Waals surface area contributed by atoms with Gasteiger partial charge in [-0.2, -0.15) is 0 Å². The van der Waals surface area contributed by atoms with Crippen LogP contribution in [0.3, 0.4) is 0 Å². The van der Waals surface area contributed by atoms with Gasteiger partial charge in [0.15, 0.2) is 0 Å². The average molecular weight is 327 g/mol. The topological polar surface area (TPSA) is 54.5 Å². The molecule has 0 aliphatic carbocycles. The van der Waals surface area contributed by atoms with Crippen molar-refractivity contribution in [3.05, 3.63) is 71.3 Å². The molecule has 4 nitrogen and oxygen atoms in total. The first-order valence-electron chi connectivity index (χ1n) is 7.31. The molecule has 0 atom stereocenters. The number of fused-ring (bicyclic) bond motifs is 1. The summed E-state index contributed by atoms with van der Waals surface area (Å²) >= 11 is 0. The van der Waals surface area contributed by atoms with Gasteiger partial charge in [-0.15, -0.1) is 0 Å². The molecule has 3 rings (SSSR count). The van der Waals surface area contributed by atoms with Crippen LogP contribution in [0.1, 0.15) is 29.8 Å². The van der Waals surface area contributed by atoms with Crippen LogP contribution < -0.4 is 0 Å². The molecule has 0 saturated carbocycles. The molecule has 0 fully saturated rings. The second-order valence-corrected chi connectivity index (χ2v) is 7.52. The van der Waals surface area contributed by atoms with Crippen LogP contribution in [0.4, 0.5) is 0 Å². The number of nitrogens with zero attached hydrogens (tertiary/aromatic N) is 1. The van der Waals surface area contributed by atoms with Crippen molar-refractivity contribution < 1.29 is 13.2 Å². The number of hydrogen-bond donors (Lipinski definition) is 0. The van der Waals surface area contributed by atoms with E-state index >= 15 is 0 Å². The van der Waals surface area contributed by atoms with Gasteiger partial charge in [0, 0.05) is 5.56 Å². The third-order valence-electron chi connectivity index (χ3n) is 3.95. The minimum Gasteiger partial charge on any atom is -0.268 e. The summed E-state index contributed by atoms with van der Waals surface area (Å²) in [5, 5.41) is 0. The number of allylic oxidation sites excluding steroid dienone is 1. The molecule has 2 aromatic carbocycles. The minimum atomic E-state index is -3.87. The molecule has 1 aliphatic heterocycles. The second kappa shape index (κ2) is 5.66. The molecule has 0 N–H and O–H groups in total. The SMILES string of the molecule is CC(C)=C1CN(S(=O)(=O)c2ccccc2)C(=O)c2ccccc21.